The monoisotopic (exact) mass is 386 g/mol. The zero-order valence-corrected chi connectivity index (χ0v) is 14.8. The maximum Gasteiger partial charge on any atom is 0.272 e. The van der Waals surface area contributed by atoms with E-state index in [-0.39, 0.29) is 16.6 Å². The Kier molecular flexibility index (Phi) is 4.14. The average Bonchev–Trinajstić information content (AvgIpc) is 2.96. The van der Waals surface area contributed by atoms with Crippen molar-refractivity contribution in [2.45, 2.75) is 6.54 Å². The van der Waals surface area contributed by atoms with Crippen molar-refractivity contribution in [3.63, 3.8) is 0 Å². The number of pyridine rings is 1. The standard InChI is InChI=1S/C18H12Cl2N4O2/c19-12-8-15-18(26)23-13-7-11(1-2-14(13)24(15)16(12)20)17(25)22-9-10-3-5-21-6-4-10/h1-8H,9H2,(H,22,25)(H,23,26). The first-order chi connectivity index (χ1) is 12.5. The summed E-state index contributed by atoms with van der Waals surface area (Å²) in [6.07, 6.45) is 3.33. The third-order valence-electron chi connectivity index (χ3n) is 4.08. The Morgan fingerprint density at radius 1 is 1.12 bits per heavy atom. The van der Waals surface area contributed by atoms with Gasteiger partial charge in [-0.15, -0.1) is 0 Å². The molecule has 3 heterocycles. The minimum atomic E-state index is -0.333. The highest BCUT2D eigenvalue weighted by atomic mass is 35.5. The van der Waals surface area contributed by atoms with Gasteiger partial charge in [0.15, 0.2) is 0 Å². The number of carbonyl (C=O) groups excluding carboxylic acids is 1. The lowest BCUT2D eigenvalue weighted by molar-refractivity contribution is 0.0951. The molecule has 26 heavy (non-hydrogen) atoms. The van der Waals surface area contributed by atoms with E-state index < -0.39 is 0 Å². The number of hydrogen-bond donors (Lipinski definition) is 2. The van der Waals surface area contributed by atoms with Crippen LogP contribution in [0.3, 0.4) is 0 Å². The summed E-state index contributed by atoms with van der Waals surface area (Å²) in [6, 6.07) is 10.2. The molecule has 4 aromatic rings. The average molecular weight is 387 g/mol. The van der Waals surface area contributed by atoms with E-state index in [1.807, 2.05) is 12.1 Å². The minimum Gasteiger partial charge on any atom is -0.348 e. The van der Waals surface area contributed by atoms with Gasteiger partial charge in [0.1, 0.15) is 10.7 Å². The van der Waals surface area contributed by atoms with Crippen LogP contribution >= 0.6 is 23.2 Å². The number of rotatable bonds is 3. The van der Waals surface area contributed by atoms with Crippen LogP contribution in [0, 0.1) is 0 Å². The summed E-state index contributed by atoms with van der Waals surface area (Å²) in [5.41, 5.74) is 2.53. The van der Waals surface area contributed by atoms with Gasteiger partial charge in [0.05, 0.1) is 16.1 Å². The first-order valence-electron chi connectivity index (χ1n) is 7.74. The number of hydrogen-bond acceptors (Lipinski definition) is 3. The number of aromatic amines is 1. The molecular weight excluding hydrogens is 375 g/mol. The van der Waals surface area contributed by atoms with Gasteiger partial charge in [-0.1, -0.05) is 23.2 Å². The highest BCUT2D eigenvalue weighted by Crippen LogP contribution is 2.28. The highest BCUT2D eigenvalue weighted by Gasteiger charge is 2.14. The van der Waals surface area contributed by atoms with Crippen LogP contribution in [0.25, 0.3) is 16.6 Å². The number of fused-ring (bicyclic) bond motifs is 3. The second-order valence-corrected chi connectivity index (χ2v) is 6.49. The molecule has 1 amide bonds. The lowest BCUT2D eigenvalue weighted by Gasteiger charge is -2.08. The molecule has 130 valence electrons. The summed E-state index contributed by atoms with van der Waals surface area (Å²) in [6.45, 7) is 0.383. The van der Waals surface area contributed by atoms with Crippen LogP contribution in [-0.4, -0.2) is 20.3 Å². The topological polar surface area (TPSA) is 79.3 Å². The predicted octanol–water partition coefficient (Wildman–Crippen LogP) is 3.41. The Morgan fingerprint density at radius 3 is 2.65 bits per heavy atom. The fraction of sp³-hybridized carbons (Fsp3) is 0.0556. The molecule has 0 atom stereocenters. The lowest BCUT2D eigenvalue weighted by Crippen LogP contribution is -2.23. The number of nitrogens with zero attached hydrogens (tertiary/aromatic N) is 2. The maximum absolute atomic E-state index is 12.4. The van der Waals surface area contributed by atoms with Crippen molar-refractivity contribution in [2.24, 2.45) is 0 Å². The van der Waals surface area contributed by atoms with Crippen molar-refractivity contribution in [3.8, 4) is 0 Å². The Hall–Kier alpha value is -2.83. The van der Waals surface area contributed by atoms with Gasteiger partial charge in [-0.2, -0.15) is 0 Å². The second kappa shape index (κ2) is 6.48. The SMILES string of the molecule is O=C(NCc1ccncc1)c1ccc2c(c1)[nH]c(=O)c1cc(Cl)c(Cl)n12. The van der Waals surface area contributed by atoms with Crippen molar-refractivity contribution >= 4 is 45.7 Å². The zero-order valence-electron chi connectivity index (χ0n) is 13.3. The number of nitrogens with one attached hydrogen (secondary N) is 2. The van der Waals surface area contributed by atoms with Gasteiger partial charge in [-0.3, -0.25) is 19.0 Å². The summed E-state index contributed by atoms with van der Waals surface area (Å²) < 4.78 is 1.57. The second-order valence-electron chi connectivity index (χ2n) is 5.73. The molecule has 0 spiro atoms. The molecule has 0 aliphatic heterocycles. The third-order valence-corrected chi connectivity index (χ3v) is 4.84. The number of carbonyl (C=O) groups is 1. The third kappa shape index (κ3) is 2.83. The molecule has 0 saturated heterocycles. The lowest BCUT2D eigenvalue weighted by atomic mass is 10.1. The molecule has 0 aliphatic carbocycles. The molecule has 0 unspecified atom stereocenters. The summed E-state index contributed by atoms with van der Waals surface area (Å²) >= 11 is 12.2. The van der Waals surface area contributed by atoms with Crippen molar-refractivity contribution in [3.05, 3.63) is 80.4 Å². The van der Waals surface area contributed by atoms with E-state index in [1.54, 1.807) is 35.0 Å². The largest absolute Gasteiger partial charge is 0.348 e. The maximum atomic E-state index is 12.4. The zero-order chi connectivity index (χ0) is 18.3. The van der Waals surface area contributed by atoms with Gasteiger partial charge in [0.2, 0.25) is 0 Å². The van der Waals surface area contributed by atoms with Crippen LogP contribution in [0.5, 0.6) is 0 Å². The van der Waals surface area contributed by atoms with Gasteiger partial charge >= 0.3 is 0 Å². The molecule has 6 nitrogen and oxygen atoms in total. The summed E-state index contributed by atoms with van der Waals surface area (Å²) in [4.78, 5) is 31.4. The molecular formula is C18H12Cl2N4O2. The highest BCUT2D eigenvalue weighted by molar-refractivity contribution is 6.42. The normalized spacial score (nSPS) is 11.2. The molecule has 0 saturated carbocycles. The smallest absolute Gasteiger partial charge is 0.272 e. The first-order valence-corrected chi connectivity index (χ1v) is 8.50. The number of halogens is 2. The molecule has 1 aromatic carbocycles. The molecule has 2 N–H and O–H groups in total. The number of benzene rings is 1. The molecule has 8 heteroatoms. The number of aromatic nitrogens is 3. The van der Waals surface area contributed by atoms with E-state index in [1.165, 1.54) is 6.07 Å². The van der Waals surface area contributed by atoms with Crippen LogP contribution in [0.4, 0.5) is 0 Å². The van der Waals surface area contributed by atoms with Crippen LogP contribution < -0.4 is 10.9 Å². The van der Waals surface area contributed by atoms with Crippen molar-refractivity contribution in [2.75, 3.05) is 0 Å². The Morgan fingerprint density at radius 2 is 1.88 bits per heavy atom. The van der Waals surface area contributed by atoms with Crippen LogP contribution in [0.1, 0.15) is 15.9 Å². The van der Waals surface area contributed by atoms with Crippen molar-refractivity contribution < 1.29 is 4.79 Å². The molecule has 4 rings (SSSR count). The molecule has 0 fully saturated rings. The summed E-state index contributed by atoms with van der Waals surface area (Å²) in [5, 5.41) is 3.39. The van der Waals surface area contributed by atoms with E-state index in [9.17, 15) is 9.59 Å². The summed E-state index contributed by atoms with van der Waals surface area (Å²) in [5.74, 6) is -0.249. The van der Waals surface area contributed by atoms with Gasteiger partial charge in [0, 0.05) is 24.5 Å². The van der Waals surface area contributed by atoms with Crippen LogP contribution in [-0.2, 0) is 6.54 Å². The molecule has 3 aromatic heterocycles. The minimum absolute atomic E-state index is 0.249. The first kappa shape index (κ1) is 16.6. The quantitative estimate of drug-likeness (QED) is 0.566. The van der Waals surface area contributed by atoms with Crippen LogP contribution in [0.2, 0.25) is 10.2 Å². The Labute approximate surface area is 157 Å². The van der Waals surface area contributed by atoms with Crippen molar-refractivity contribution in [1.29, 1.82) is 0 Å². The molecule has 0 radical (unpaired) electrons. The van der Waals surface area contributed by atoms with E-state index in [2.05, 4.69) is 15.3 Å². The Bertz CT molecular complexity index is 1200. The molecule has 0 aliphatic rings. The Balaban J connectivity index is 1.71. The summed E-state index contributed by atoms with van der Waals surface area (Å²) in [7, 11) is 0. The van der Waals surface area contributed by atoms with E-state index in [0.29, 0.717) is 33.7 Å². The van der Waals surface area contributed by atoms with Gasteiger partial charge in [-0.25, -0.2) is 0 Å². The van der Waals surface area contributed by atoms with Crippen LogP contribution in [0.15, 0.2) is 53.6 Å². The van der Waals surface area contributed by atoms with E-state index in [4.69, 9.17) is 23.2 Å². The van der Waals surface area contributed by atoms with Gasteiger partial charge in [0.25, 0.3) is 11.5 Å². The predicted molar refractivity (Wildman–Crippen MR) is 101 cm³/mol. The fourth-order valence-electron chi connectivity index (χ4n) is 2.80. The van der Waals surface area contributed by atoms with E-state index in [0.717, 1.165) is 5.56 Å². The molecule has 0 bridgehead atoms. The fourth-order valence-corrected chi connectivity index (χ4v) is 3.23. The van der Waals surface area contributed by atoms with Crippen molar-refractivity contribution in [1.82, 2.24) is 19.7 Å². The van der Waals surface area contributed by atoms with E-state index >= 15 is 0 Å². The number of H-pyrrole nitrogens is 1. The number of amides is 1. The van der Waals surface area contributed by atoms with Gasteiger partial charge < -0.3 is 10.3 Å². The van der Waals surface area contributed by atoms with Gasteiger partial charge in [-0.05, 0) is 42.0 Å².